The van der Waals surface area contributed by atoms with Gasteiger partial charge in [-0.1, -0.05) is 36.0 Å². The minimum absolute atomic E-state index is 0.0714. The van der Waals surface area contributed by atoms with E-state index in [-0.39, 0.29) is 11.7 Å². The summed E-state index contributed by atoms with van der Waals surface area (Å²) in [7, 11) is 0. The lowest BCUT2D eigenvalue weighted by molar-refractivity contribution is 0.0887. The molecule has 0 amide bonds. The van der Waals surface area contributed by atoms with Crippen LogP contribution in [0, 0.1) is 6.92 Å². The van der Waals surface area contributed by atoms with E-state index >= 15 is 0 Å². The predicted octanol–water partition coefficient (Wildman–Crippen LogP) is 5.04. The first kappa shape index (κ1) is 18.2. The van der Waals surface area contributed by atoms with E-state index in [1.807, 2.05) is 31.2 Å². The molecule has 0 atom stereocenters. The minimum atomic E-state index is -0.0714. The fraction of sp³-hybridized carbons (Fsp3) is 0.261. The maximum atomic E-state index is 13.0. The average Bonchev–Trinajstić information content (AvgIpc) is 3.08. The van der Waals surface area contributed by atoms with Crippen molar-refractivity contribution in [2.24, 2.45) is 0 Å². The second-order valence-corrected chi connectivity index (χ2v) is 8.51. The van der Waals surface area contributed by atoms with E-state index in [2.05, 4.69) is 34.3 Å². The van der Waals surface area contributed by atoms with Gasteiger partial charge in [0.2, 0.25) is 5.91 Å². The summed E-state index contributed by atoms with van der Waals surface area (Å²) < 4.78 is 1.45. The molecule has 2 aliphatic rings. The zero-order valence-corrected chi connectivity index (χ0v) is 17.0. The van der Waals surface area contributed by atoms with Gasteiger partial charge in [-0.15, -0.1) is 0 Å². The molecule has 0 radical (unpaired) electrons. The third-order valence-corrected chi connectivity index (χ3v) is 6.73. The van der Waals surface area contributed by atoms with Crippen LogP contribution in [0.15, 0.2) is 58.3 Å². The van der Waals surface area contributed by atoms with Gasteiger partial charge in [0.1, 0.15) is 0 Å². The molecule has 5 rings (SSSR count). The van der Waals surface area contributed by atoms with E-state index in [1.165, 1.54) is 14.5 Å². The number of hydrogen-bond donors (Lipinski definition) is 0. The average molecular weight is 404 g/mol. The zero-order valence-electron chi connectivity index (χ0n) is 16.2. The molecular weight excluding hydrogens is 382 g/mol. The summed E-state index contributed by atoms with van der Waals surface area (Å²) in [6.45, 7) is 2.39. The van der Waals surface area contributed by atoms with Crippen LogP contribution >= 0.6 is 11.8 Å². The first-order valence-electron chi connectivity index (χ1n) is 9.92. The van der Waals surface area contributed by atoms with Crippen LogP contribution in [0.2, 0.25) is 0 Å². The van der Waals surface area contributed by atoms with Crippen molar-refractivity contribution in [1.82, 2.24) is 9.78 Å². The summed E-state index contributed by atoms with van der Waals surface area (Å²) in [6.07, 6.45) is 2.46. The number of aryl methyl sites for hydroxylation is 1. The zero-order chi connectivity index (χ0) is 20.0. The Morgan fingerprint density at radius 1 is 1.03 bits per heavy atom. The number of fused-ring (bicyclic) bond motifs is 3. The fourth-order valence-electron chi connectivity index (χ4n) is 4.22. The Morgan fingerprint density at radius 3 is 2.34 bits per heavy atom. The molecule has 5 nitrogen and oxygen atoms in total. The number of benzene rings is 2. The van der Waals surface area contributed by atoms with Gasteiger partial charge < -0.3 is 4.90 Å². The van der Waals surface area contributed by atoms with Crippen LogP contribution in [0.1, 0.15) is 45.8 Å². The molecule has 1 aliphatic heterocycles. The Balaban J connectivity index is 1.43. The van der Waals surface area contributed by atoms with E-state index in [9.17, 15) is 9.59 Å². The molecular formula is C23H21N3O2S. The normalized spacial score (nSPS) is 14.9. The maximum absolute atomic E-state index is 13.0. The van der Waals surface area contributed by atoms with Gasteiger partial charge >= 0.3 is 0 Å². The predicted molar refractivity (Wildman–Crippen MR) is 113 cm³/mol. The van der Waals surface area contributed by atoms with Crippen LogP contribution in [0.3, 0.4) is 0 Å². The highest BCUT2D eigenvalue weighted by Gasteiger charge is 2.28. The van der Waals surface area contributed by atoms with Gasteiger partial charge in [0, 0.05) is 29.2 Å². The Hall–Kier alpha value is -2.86. The first-order chi connectivity index (χ1) is 14.1. The molecule has 1 aliphatic carbocycles. The molecule has 0 bridgehead atoms. The van der Waals surface area contributed by atoms with Crippen molar-refractivity contribution in [2.45, 2.75) is 42.4 Å². The molecule has 3 aromatic rings. The summed E-state index contributed by atoms with van der Waals surface area (Å²) in [5.41, 5.74) is 4.36. The molecule has 6 heteroatoms. The molecule has 1 aromatic heterocycles. The van der Waals surface area contributed by atoms with Crippen molar-refractivity contribution >= 4 is 34.8 Å². The number of rotatable bonds is 3. The SMILES string of the molecule is Cc1c2c(nn1C(=O)CCN1c3ccccc3Sc3ccccc31)CCCC2=O. The monoisotopic (exact) mass is 403 g/mol. The van der Waals surface area contributed by atoms with E-state index in [1.54, 1.807) is 11.8 Å². The van der Waals surface area contributed by atoms with Crippen LogP contribution in [0.4, 0.5) is 11.4 Å². The fourth-order valence-corrected chi connectivity index (χ4v) is 5.31. The number of para-hydroxylation sites is 2. The third kappa shape index (κ3) is 3.08. The molecule has 0 saturated carbocycles. The van der Waals surface area contributed by atoms with Crippen LogP contribution in [0.5, 0.6) is 0 Å². The van der Waals surface area contributed by atoms with Crippen LogP contribution in [0.25, 0.3) is 0 Å². The van der Waals surface area contributed by atoms with E-state index in [4.69, 9.17) is 0 Å². The smallest absolute Gasteiger partial charge is 0.248 e. The number of hydrogen-bond acceptors (Lipinski definition) is 5. The number of anilines is 2. The second-order valence-electron chi connectivity index (χ2n) is 7.43. The summed E-state index contributed by atoms with van der Waals surface area (Å²) >= 11 is 1.76. The number of aromatic nitrogens is 2. The third-order valence-electron chi connectivity index (χ3n) is 5.60. The number of carbonyl (C=O) groups excluding carboxylic acids is 2. The van der Waals surface area contributed by atoms with Crippen molar-refractivity contribution in [3.8, 4) is 0 Å². The second kappa shape index (κ2) is 7.19. The molecule has 0 spiro atoms. The molecule has 2 aromatic carbocycles. The highest BCUT2D eigenvalue weighted by atomic mass is 32.2. The molecule has 0 saturated heterocycles. The van der Waals surface area contributed by atoms with Gasteiger partial charge in [0.05, 0.1) is 28.3 Å². The van der Waals surface area contributed by atoms with Crippen molar-refractivity contribution < 1.29 is 9.59 Å². The Labute approximate surface area is 173 Å². The summed E-state index contributed by atoms with van der Waals surface area (Å²) in [5, 5.41) is 4.48. The van der Waals surface area contributed by atoms with Gasteiger partial charge in [-0.2, -0.15) is 5.10 Å². The summed E-state index contributed by atoms with van der Waals surface area (Å²) in [5.74, 6) is 0.0385. The molecule has 0 fully saturated rings. The quantitative estimate of drug-likeness (QED) is 0.613. The molecule has 146 valence electrons. The largest absolute Gasteiger partial charge is 0.339 e. The van der Waals surface area contributed by atoms with Crippen LogP contribution < -0.4 is 4.90 Å². The van der Waals surface area contributed by atoms with Gasteiger partial charge in [0.25, 0.3) is 0 Å². The lowest BCUT2D eigenvalue weighted by Gasteiger charge is -2.32. The van der Waals surface area contributed by atoms with Gasteiger partial charge in [0.15, 0.2) is 5.78 Å². The number of nitrogens with zero attached hydrogens (tertiary/aromatic N) is 3. The first-order valence-corrected chi connectivity index (χ1v) is 10.7. The topological polar surface area (TPSA) is 55.2 Å². The van der Waals surface area contributed by atoms with Crippen LogP contribution in [-0.4, -0.2) is 28.0 Å². The standard InChI is InChI=1S/C23H21N3O2S/c1-15-23-16(7-6-10-19(23)27)24-26(15)22(28)13-14-25-17-8-2-4-11-20(17)29-21-12-5-3-9-18(21)25/h2-5,8-9,11-12H,6-7,10,13-14H2,1H3. The van der Waals surface area contributed by atoms with Gasteiger partial charge in [-0.05, 0) is 44.0 Å². The Morgan fingerprint density at radius 2 is 1.69 bits per heavy atom. The molecule has 0 unspecified atom stereocenters. The summed E-state index contributed by atoms with van der Waals surface area (Å²) in [6, 6.07) is 16.6. The Kier molecular flexibility index (Phi) is 4.51. The molecule has 29 heavy (non-hydrogen) atoms. The van der Waals surface area contributed by atoms with Crippen molar-refractivity contribution in [3.05, 3.63) is 65.5 Å². The number of Topliss-reactive ketones (excluding diaryl/α,β-unsaturated/α-hetero) is 1. The van der Waals surface area contributed by atoms with Crippen LogP contribution in [-0.2, 0) is 6.42 Å². The molecule has 0 N–H and O–H groups in total. The maximum Gasteiger partial charge on any atom is 0.248 e. The number of carbonyl (C=O) groups is 2. The van der Waals surface area contributed by atoms with E-state index in [0.717, 1.165) is 29.9 Å². The number of ketones is 1. The Bertz CT molecular complexity index is 1090. The minimum Gasteiger partial charge on any atom is -0.339 e. The lowest BCUT2D eigenvalue weighted by Crippen LogP contribution is -2.26. The summed E-state index contributed by atoms with van der Waals surface area (Å²) in [4.78, 5) is 29.9. The van der Waals surface area contributed by atoms with Crippen molar-refractivity contribution in [2.75, 3.05) is 11.4 Å². The lowest BCUT2D eigenvalue weighted by atomic mass is 9.95. The van der Waals surface area contributed by atoms with E-state index < -0.39 is 0 Å². The van der Waals surface area contributed by atoms with E-state index in [0.29, 0.717) is 30.6 Å². The highest BCUT2D eigenvalue weighted by Crippen LogP contribution is 2.47. The van der Waals surface area contributed by atoms with Gasteiger partial charge in [-0.3, -0.25) is 9.59 Å². The highest BCUT2D eigenvalue weighted by molar-refractivity contribution is 7.99. The molecule has 2 heterocycles. The van der Waals surface area contributed by atoms with Gasteiger partial charge in [-0.25, -0.2) is 4.68 Å². The van der Waals surface area contributed by atoms with Crippen molar-refractivity contribution in [1.29, 1.82) is 0 Å². The van der Waals surface area contributed by atoms with Crippen molar-refractivity contribution in [3.63, 3.8) is 0 Å².